The van der Waals surface area contributed by atoms with E-state index in [9.17, 15) is 4.79 Å². The van der Waals surface area contributed by atoms with Crippen LogP contribution in [0, 0.1) is 6.92 Å². The Balaban J connectivity index is 1.82. The van der Waals surface area contributed by atoms with Gasteiger partial charge in [-0.3, -0.25) is 9.20 Å². The quantitative estimate of drug-likeness (QED) is 0.905. The van der Waals surface area contributed by atoms with E-state index in [1.807, 2.05) is 22.9 Å². The molecule has 1 aliphatic carbocycles. The van der Waals surface area contributed by atoms with Crippen molar-refractivity contribution < 1.29 is 4.79 Å². The normalized spacial score (nSPS) is 17.2. The van der Waals surface area contributed by atoms with Crippen LogP contribution in [-0.2, 0) is 0 Å². The van der Waals surface area contributed by atoms with Crippen LogP contribution < -0.4 is 5.32 Å². The lowest BCUT2D eigenvalue weighted by atomic mass is 9.95. The minimum atomic E-state index is 0.0188. The highest BCUT2D eigenvalue weighted by Crippen LogP contribution is 2.20. The van der Waals surface area contributed by atoms with Crippen LogP contribution >= 0.6 is 11.3 Å². The number of amides is 1. The van der Waals surface area contributed by atoms with Gasteiger partial charge in [0.1, 0.15) is 5.69 Å². The molecule has 2 aromatic heterocycles. The molecule has 1 fully saturated rings. The molecule has 4 nitrogen and oxygen atoms in total. The summed E-state index contributed by atoms with van der Waals surface area (Å²) in [5.41, 5.74) is 1.51. The molecule has 18 heavy (non-hydrogen) atoms. The molecule has 2 aromatic rings. The van der Waals surface area contributed by atoms with Gasteiger partial charge in [0.15, 0.2) is 4.96 Å². The zero-order valence-corrected chi connectivity index (χ0v) is 11.3. The Labute approximate surface area is 110 Å². The van der Waals surface area contributed by atoms with Crippen molar-refractivity contribution in [3.05, 3.63) is 23.0 Å². The van der Waals surface area contributed by atoms with Crippen molar-refractivity contribution in [1.82, 2.24) is 14.7 Å². The van der Waals surface area contributed by atoms with Gasteiger partial charge in [-0.2, -0.15) is 0 Å². The van der Waals surface area contributed by atoms with E-state index in [0.29, 0.717) is 11.7 Å². The lowest BCUT2D eigenvalue weighted by Crippen LogP contribution is -2.37. The Morgan fingerprint density at radius 1 is 1.44 bits per heavy atom. The van der Waals surface area contributed by atoms with Crippen molar-refractivity contribution in [2.45, 2.75) is 45.1 Å². The second kappa shape index (κ2) is 4.72. The summed E-state index contributed by atoms with van der Waals surface area (Å²) in [4.78, 5) is 17.6. The molecule has 0 atom stereocenters. The number of carbonyl (C=O) groups is 1. The highest BCUT2D eigenvalue weighted by Gasteiger charge is 2.21. The van der Waals surface area contributed by atoms with E-state index in [1.54, 1.807) is 11.3 Å². The molecular weight excluding hydrogens is 246 g/mol. The fourth-order valence-electron chi connectivity index (χ4n) is 2.67. The third kappa shape index (κ3) is 2.03. The average molecular weight is 263 g/mol. The van der Waals surface area contributed by atoms with Gasteiger partial charge in [0.05, 0.1) is 5.69 Å². The molecule has 5 heteroatoms. The van der Waals surface area contributed by atoms with Gasteiger partial charge in [0.2, 0.25) is 0 Å². The summed E-state index contributed by atoms with van der Waals surface area (Å²) < 4.78 is 1.89. The van der Waals surface area contributed by atoms with Crippen LogP contribution in [0.15, 0.2) is 11.6 Å². The maximum Gasteiger partial charge on any atom is 0.270 e. The third-order valence-corrected chi connectivity index (χ3v) is 4.35. The van der Waals surface area contributed by atoms with Gasteiger partial charge in [-0.1, -0.05) is 19.3 Å². The highest BCUT2D eigenvalue weighted by atomic mass is 32.1. The van der Waals surface area contributed by atoms with Crippen molar-refractivity contribution in [1.29, 1.82) is 0 Å². The van der Waals surface area contributed by atoms with Crippen LogP contribution in [0.3, 0.4) is 0 Å². The molecule has 1 amide bonds. The molecule has 1 N–H and O–H groups in total. The second-order valence-electron chi connectivity index (χ2n) is 4.91. The minimum Gasteiger partial charge on any atom is -0.348 e. The summed E-state index contributed by atoms with van der Waals surface area (Å²) >= 11 is 1.56. The zero-order chi connectivity index (χ0) is 12.5. The molecule has 1 saturated carbocycles. The van der Waals surface area contributed by atoms with Crippen LogP contribution in [0.1, 0.15) is 48.3 Å². The first-order valence-corrected chi connectivity index (χ1v) is 7.36. The van der Waals surface area contributed by atoms with Gasteiger partial charge in [-0.15, -0.1) is 11.3 Å². The van der Waals surface area contributed by atoms with Gasteiger partial charge >= 0.3 is 0 Å². The monoisotopic (exact) mass is 263 g/mol. The van der Waals surface area contributed by atoms with Gasteiger partial charge in [0, 0.05) is 17.6 Å². The van der Waals surface area contributed by atoms with E-state index < -0.39 is 0 Å². The standard InChI is InChI=1S/C13H17N3OS/c1-9-11(16-7-8-18-13(16)14-9)12(17)15-10-5-3-2-4-6-10/h7-8,10H,2-6H2,1H3,(H,15,17). The summed E-state index contributed by atoms with van der Waals surface area (Å²) in [5, 5.41) is 5.11. The molecule has 3 rings (SSSR count). The Morgan fingerprint density at radius 3 is 3.00 bits per heavy atom. The number of fused-ring (bicyclic) bond motifs is 1. The van der Waals surface area contributed by atoms with E-state index >= 15 is 0 Å². The minimum absolute atomic E-state index is 0.0188. The van der Waals surface area contributed by atoms with Crippen molar-refractivity contribution in [2.24, 2.45) is 0 Å². The zero-order valence-electron chi connectivity index (χ0n) is 10.5. The molecule has 0 spiro atoms. The second-order valence-corrected chi connectivity index (χ2v) is 5.78. The SMILES string of the molecule is Cc1nc2sccn2c1C(=O)NC1CCCCC1. The Kier molecular flexibility index (Phi) is 3.07. The number of aromatic nitrogens is 2. The first-order chi connectivity index (χ1) is 8.75. The smallest absolute Gasteiger partial charge is 0.270 e. The van der Waals surface area contributed by atoms with Crippen LogP contribution in [0.4, 0.5) is 0 Å². The lowest BCUT2D eigenvalue weighted by molar-refractivity contribution is 0.0921. The van der Waals surface area contributed by atoms with E-state index in [4.69, 9.17) is 0 Å². The molecule has 2 heterocycles. The topological polar surface area (TPSA) is 46.4 Å². The number of carbonyl (C=O) groups excluding carboxylic acids is 1. The molecular formula is C13H17N3OS. The number of hydrogen-bond acceptors (Lipinski definition) is 3. The van der Waals surface area contributed by atoms with Crippen molar-refractivity contribution in [3.8, 4) is 0 Å². The van der Waals surface area contributed by atoms with E-state index in [2.05, 4.69) is 10.3 Å². The highest BCUT2D eigenvalue weighted by molar-refractivity contribution is 7.15. The first-order valence-electron chi connectivity index (χ1n) is 6.49. The van der Waals surface area contributed by atoms with Gasteiger partial charge in [0.25, 0.3) is 5.91 Å². The van der Waals surface area contributed by atoms with E-state index in [0.717, 1.165) is 23.5 Å². The predicted molar refractivity (Wildman–Crippen MR) is 72.1 cm³/mol. The molecule has 0 bridgehead atoms. The van der Waals surface area contributed by atoms with Crippen molar-refractivity contribution >= 4 is 22.2 Å². The Morgan fingerprint density at radius 2 is 2.22 bits per heavy atom. The number of thiazole rings is 1. The van der Waals surface area contributed by atoms with Crippen molar-refractivity contribution in [3.63, 3.8) is 0 Å². The van der Waals surface area contributed by atoms with Gasteiger partial charge < -0.3 is 5.32 Å². The van der Waals surface area contributed by atoms with Crippen LogP contribution in [0.25, 0.3) is 4.96 Å². The lowest BCUT2D eigenvalue weighted by Gasteiger charge is -2.22. The van der Waals surface area contributed by atoms with Crippen LogP contribution in [-0.4, -0.2) is 21.3 Å². The fourth-order valence-corrected chi connectivity index (χ4v) is 3.43. The fraction of sp³-hybridized carbons (Fsp3) is 0.538. The van der Waals surface area contributed by atoms with E-state index in [1.165, 1.54) is 19.3 Å². The Bertz CT molecular complexity index is 566. The van der Waals surface area contributed by atoms with Gasteiger partial charge in [-0.25, -0.2) is 4.98 Å². The maximum atomic E-state index is 12.3. The molecule has 0 radical (unpaired) electrons. The van der Waals surface area contributed by atoms with Crippen LogP contribution in [0.5, 0.6) is 0 Å². The molecule has 0 saturated heterocycles. The first kappa shape index (κ1) is 11.7. The third-order valence-electron chi connectivity index (χ3n) is 3.59. The van der Waals surface area contributed by atoms with Crippen LogP contribution in [0.2, 0.25) is 0 Å². The average Bonchev–Trinajstić information content (AvgIpc) is 2.89. The van der Waals surface area contributed by atoms with E-state index in [-0.39, 0.29) is 5.91 Å². The molecule has 0 aliphatic heterocycles. The largest absolute Gasteiger partial charge is 0.348 e. The number of imidazole rings is 1. The summed E-state index contributed by atoms with van der Waals surface area (Å²) in [7, 11) is 0. The predicted octanol–water partition coefficient (Wildman–Crippen LogP) is 2.77. The molecule has 0 unspecified atom stereocenters. The summed E-state index contributed by atoms with van der Waals surface area (Å²) in [6, 6.07) is 0.342. The number of aryl methyl sites for hydroxylation is 1. The number of hydrogen-bond donors (Lipinski definition) is 1. The summed E-state index contributed by atoms with van der Waals surface area (Å²) in [6.07, 6.45) is 7.88. The molecule has 0 aromatic carbocycles. The number of rotatable bonds is 2. The number of nitrogens with one attached hydrogen (secondary N) is 1. The summed E-state index contributed by atoms with van der Waals surface area (Å²) in [5.74, 6) is 0.0188. The van der Waals surface area contributed by atoms with Crippen molar-refractivity contribution in [2.75, 3.05) is 0 Å². The summed E-state index contributed by atoms with van der Waals surface area (Å²) in [6.45, 7) is 1.90. The molecule has 1 aliphatic rings. The molecule has 96 valence electrons. The maximum absolute atomic E-state index is 12.3. The number of nitrogens with zero attached hydrogens (tertiary/aromatic N) is 2. The van der Waals surface area contributed by atoms with Gasteiger partial charge in [-0.05, 0) is 19.8 Å². The Hall–Kier alpha value is -1.36.